The molecule has 2 unspecified atom stereocenters. The Labute approximate surface area is 156 Å². The van der Waals surface area contributed by atoms with Crippen LogP contribution >= 0.6 is 11.6 Å². The van der Waals surface area contributed by atoms with Crippen LogP contribution in [0.1, 0.15) is 40.5 Å². The molecule has 1 fully saturated rings. The van der Waals surface area contributed by atoms with Gasteiger partial charge in [0, 0.05) is 24.7 Å². The lowest BCUT2D eigenvalue weighted by Gasteiger charge is -2.35. The van der Waals surface area contributed by atoms with Crippen LogP contribution in [-0.2, 0) is 4.79 Å². The summed E-state index contributed by atoms with van der Waals surface area (Å²) in [5.74, 6) is 2.08. The van der Waals surface area contributed by atoms with Crippen molar-refractivity contribution < 1.29 is 9.53 Å². The number of piperidine rings is 1. The first-order chi connectivity index (χ1) is 11.8. The minimum absolute atomic E-state index is 0.0946. The van der Waals surface area contributed by atoms with E-state index in [1.165, 1.54) is 19.5 Å². The van der Waals surface area contributed by atoms with E-state index in [-0.39, 0.29) is 5.91 Å². The van der Waals surface area contributed by atoms with E-state index in [9.17, 15) is 4.79 Å². The lowest BCUT2D eigenvalue weighted by Crippen LogP contribution is -2.47. The third kappa shape index (κ3) is 6.52. The zero-order valence-corrected chi connectivity index (χ0v) is 16.6. The van der Waals surface area contributed by atoms with Crippen molar-refractivity contribution in [3.8, 4) is 5.75 Å². The number of halogens is 1. The highest BCUT2D eigenvalue weighted by molar-refractivity contribution is 6.30. The predicted molar refractivity (Wildman–Crippen MR) is 103 cm³/mol. The summed E-state index contributed by atoms with van der Waals surface area (Å²) in [6.45, 7) is 12.3. The number of hydrogen-bond acceptors (Lipinski definition) is 3. The van der Waals surface area contributed by atoms with Crippen LogP contribution in [0.4, 0.5) is 0 Å². The van der Waals surface area contributed by atoms with Crippen LogP contribution in [0.3, 0.4) is 0 Å². The summed E-state index contributed by atoms with van der Waals surface area (Å²) in [7, 11) is 0. The minimum Gasteiger partial charge on any atom is -0.478 e. The Kier molecular flexibility index (Phi) is 7.14. The first-order valence-electron chi connectivity index (χ1n) is 9.21. The normalized spacial score (nSPS) is 21.8. The number of hydrogen-bond donors (Lipinski definition) is 1. The number of likely N-dealkylation sites (tertiary alicyclic amines) is 1. The molecule has 5 heteroatoms. The van der Waals surface area contributed by atoms with Gasteiger partial charge in [-0.2, -0.15) is 0 Å². The van der Waals surface area contributed by atoms with Gasteiger partial charge in [-0.05, 0) is 69.3 Å². The second-order valence-electron chi connectivity index (χ2n) is 7.88. The van der Waals surface area contributed by atoms with Gasteiger partial charge in [-0.1, -0.05) is 25.4 Å². The van der Waals surface area contributed by atoms with E-state index >= 15 is 0 Å². The summed E-state index contributed by atoms with van der Waals surface area (Å²) in [6, 6.07) is 7.06. The predicted octanol–water partition coefficient (Wildman–Crippen LogP) is 3.98. The molecule has 140 valence electrons. The van der Waals surface area contributed by atoms with Gasteiger partial charge >= 0.3 is 0 Å². The highest BCUT2D eigenvalue weighted by Crippen LogP contribution is 2.22. The molecule has 1 N–H and O–H groups in total. The average molecular weight is 367 g/mol. The second kappa shape index (κ2) is 8.91. The molecule has 1 aliphatic heterocycles. The number of amides is 1. The van der Waals surface area contributed by atoms with Crippen LogP contribution in [0.15, 0.2) is 24.3 Å². The Morgan fingerprint density at radius 3 is 2.44 bits per heavy atom. The SMILES string of the molecule is CC1CC(C)CN(CCCNC(=O)C(C)(C)Oc2ccc(Cl)cc2)C1. The molecule has 1 amide bonds. The van der Waals surface area contributed by atoms with Crippen LogP contribution in [0.25, 0.3) is 0 Å². The number of ether oxygens (including phenoxy) is 1. The summed E-state index contributed by atoms with van der Waals surface area (Å²) in [5.41, 5.74) is -0.915. The first-order valence-corrected chi connectivity index (χ1v) is 9.59. The van der Waals surface area contributed by atoms with Crippen molar-refractivity contribution in [1.29, 1.82) is 0 Å². The van der Waals surface area contributed by atoms with E-state index in [0.717, 1.165) is 24.8 Å². The Balaban J connectivity index is 1.72. The summed E-state index contributed by atoms with van der Waals surface area (Å²) in [5, 5.41) is 3.65. The Hall–Kier alpha value is -1.26. The van der Waals surface area contributed by atoms with Gasteiger partial charge in [0.2, 0.25) is 0 Å². The largest absolute Gasteiger partial charge is 0.478 e. The minimum atomic E-state index is -0.915. The molecular formula is C20H31ClN2O2. The molecule has 0 radical (unpaired) electrons. The number of nitrogens with zero attached hydrogens (tertiary/aromatic N) is 1. The molecule has 2 atom stereocenters. The van der Waals surface area contributed by atoms with Crippen molar-refractivity contribution in [2.24, 2.45) is 11.8 Å². The molecule has 0 aliphatic carbocycles. The fourth-order valence-corrected chi connectivity index (χ4v) is 3.66. The molecule has 0 aromatic heterocycles. The number of nitrogens with one attached hydrogen (secondary N) is 1. The molecule has 0 spiro atoms. The van der Waals surface area contributed by atoms with Crippen LogP contribution < -0.4 is 10.1 Å². The lowest BCUT2D eigenvalue weighted by atomic mass is 9.92. The van der Waals surface area contributed by atoms with Gasteiger partial charge < -0.3 is 15.0 Å². The summed E-state index contributed by atoms with van der Waals surface area (Å²) in [6.07, 6.45) is 2.28. The maximum atomic E-state index is 12.4. The molecule has 1 aromatic carbocycles. The van der Waals surface area contributed by atoms with Crippen LogP contribution in [0, 0.1) is 11.8 Å². The molecule has 1 heterocycles. The van der Waals surface area contributed by atoms with Crippen molar-refractivity contribution in [3.63, 3.8) is 0 Å². The van der Waals surface area contributed by atoms with Crippen molar-refractivity contribution in [2.45, 2.75) is 46.1 Å². The molecule has 0 bridgehead atoms. The smallest absolute Gasteiger partial charge is 0.263 e. The topological polar surface area (TPSA) is 41.6 Å². The molecule has 4 nitrogen and oxygen atoms in total. The van der Waals surface area contributed by atoms with E-state index in [1.807, 2.05) is 0 Å². The van der Waals surface area contributed by atoms with Crippen LogP contribution in [0.5, 0.6) is 5.75 Å². The Morgan fingerprint density at radius 1 is 1.24 bits per heavy atom. The van der Waals surface area contributed by atoms with E-state index in [0.29, 0.717) is 17.3 Å². The van der Waals surface area contributed by atoms with Gasteiger partial charge in [0.05, 0.1) is 0 Å². The summed E-state index contributed by atoms with van der Waals surface area (Å²) < 4.78 is 5.81. The van der Waals surface area contributed by atoms with Gasteiger partial charge in [0.1, 0.15) is 5.75 Å². The zero-order chi connectivity index (χ0) is 18.4. The highest BCUT2D eigenvalue weighted by Gasteiger charge is 2.29. The monoisotopic (exact) mass is 366 g/mol. The second-order valence-corrected chi connectivity index (χ2v) is 8.32. The van der Waals surface area contributed by atoms with Crippen LogP contribution in [-0.4, -0.2) is 42.6 Å². The van der Waals surface area contributed by atoms with Gasteiger partial charge in [-0.15, -0.1) is 0 Å². The van der Waals surface area contributed by atoms with Crippen molar-refractivity contribution in [2.75, 3.05) is 26.2 Å². The van der Waals surface area contributed by atoms with E-state index < -0.39 is 5.60 Å². The molecule has 1 aliphatic rings. The number of rotatable bonds is 7. The molecule has 1 aromatic rings. The van der Waals surface area contributed by atoms with E-state index in [2.05, 4.69) is 24.1 Å². The molecule has 2 rings (SSSR count). The van der Waals surface area contributed by atoms with Crippen molar-refractivity contribution >= 4 is 17.5 Å². The van der Waals surface area contributed by atoms with E-state index in [4.69, 9.17) is 16.3 Å². The third-order valence-corrected chi connectivity index (χ3v) is 4.87. The maximum absolute atomic E-state index is 12.4. The number of carbonyl (C=O) groups excluding carboxylic acids is 1. The van der Waals surface area contributed by atoms with Gasteiger partial charge in [-0.25, -0.2) is 0 Å². The number of carbonyl (C=O) groups is 1. The summed E-state index contributed by atoms with van der Waals surface area (Å²) >= 11 is 5.87. The fraction of sp³-hybridized carbons (Fsp3) is 0.650. The first kappa shape index (κ1) is 20.1. The molecule has 25 heavy (non-hydrogen) atoms. The Bertz CT molecular complexity index is 549. The van der Waals surface area contributed by atoms with Crippen LogP contribution in [0.2, 0.25) is 5.02 Å². The van der Waals surface area contributed by atoms with Gasteiger partial charge in [0.15, 0.2) is 5.60 Å². The molecule has 1 saturated heterocycles. The van der Waals surface area contributed by atoms with Crippen molar-refractivity contribution in [1.82, 2.24) is 10.2 Å². The zero-order valence-electron chi connectivity index (χ0n) is 15.8. The maximum Gasteiger partial charge on any atom is 0.263 e. The summed E-state index contributed by atoms with van der Waals surface area (Å²) in [4.78, 5) is 14.9. The standard InChI is InChI=1S/C20H31ClN2O2/c1-15-12-16(2)14-23(13-15)11-5-10-22-19(24)20(3,4)25-18-8-6-17(21)7-9-18/h6-9,15-16H,5,10-14H2,1-4H3,(H,22,24). The van der Waals surface area contributed by atoms with Gasteiger partial charge in [-0.3, -0.25) is 4.79 Å². The number of benzene rings is 1. The average Bonchev–Trinajstić information content (AvgIpc) is 2.52. The quantitative estimate of drug-likeness (QED) is 0.742. The van der Waals surface area contributed by atoms with Gasteiger partial charge in [0.25, 0.3) is 5.91 Å². The van der Waals surface area contributed by atoms with E-state index in [1.54, 1.807) is 38.1 Å². The lowest BCUT2D eigenvalue weighted by molar-refractivity contribution is -0.134. The highest BCUT2D eigenvalue weighted by atomic mass is 35.5. The van der Waals surface area contributed by atoms with Crippen molar-refractivity contribution in [3.05, 3.63) is 29.3 Å². The Morgan fingerprint density at radius 2 is 1.84 bits per heavy atom. The third-order valence-electron chi connectivity index (χ3n) is 4.61. The molecular weight excluding hydrogens is 336 g/mol. The molecule has 0 saturated carbocycles. The fourth-order valence-electron chi connectivity index (χ4n) is 3.54.